The van der Waals surface area contributed by atoms with E-state index in [0.717, 1.165) is 45.0 Å². The highest BCUT2D eigenvalue weighted by molar-refractivity contribution is 6.05. The minimum Gasteiger partial charge on any atom is -0.486 e. The van der Waals surface area contributed by atoms with Crippen LogP contribution < -0.4 is 4.74 Å². The molecule has 6 aromatic rings. The molecular weight excluding hydrogens is 444 g/mol. The van der Waals surface area contributed by atoms with Crippen LogP contribution in [0.15, 0.2) is 60.7 Å². The van der Waals surface area contributed by atoms with Crippen molar-refractivity contribution in [2.45, 2.75) is 46.1 Å². The van der Waals surface area contributed by atoms with Gasteiger partial charge < -0.3 is 14.7 Å². The third-order valence-corrected chi connectivity index (χ3v) is 7.31. The number of nitrogens with one attached hydrogen (secondary N) is 2. The molecule has 3 heterocycles. The van der Waals surface area contributed by atoms with Gasteiger partial charge in [-0.15, -0.1) is 0 Å². The fraction of sp³-hybridized carbons (Fsp3) is 0.226. The zero-order valence-corrected chi connectivity index (χ0v) is 20.9. The summed E-state index contributed by atoms with van der Waals surface area (Å²) in [6, 6.07) is 21.9. The second-order valence-corrected chi connectivity index (χ2v) is 10.5. The molecule has 36 heavy (non-hydrogen) atoms. The third-order valence-electron chi connectivity index (χ3n) is 7.31. The lowest BCUT2D eigenvalue weighted by atomic mass is 9.92. The fourth-order valence-electron chi connectivity index (χ4n) is 5.28. The molecule has 0 fully saturated rings. The molecule has 1 aliphatic heterocycles. The summed E-state index contributed by atoms with van der Waals surface area (Å²) in [7, 11) is 0. The van der Waals surface area contributed by atoms with Gasteiger partial charge in [0, 0.05) is 22.8 Å². The second-order valence-electron chi connectivity index (χ2n) is 10.5. The van der Waals surface area contributed by atoms with Crippen molar-refractivity contribution in [1.29, 1.82) is 0 Å². The molecule has 4 aromatic carbocycles. The molecule has 0 unspecified atom stereocenters. The van der Waals surface area contributed by atoms with Crippen LogP contribution in [0.5, 0.6) is 5.75 Å². The van der Waals surface area contributed by atoms with Crippen molar-refractivity contribution in [3.05, 3.63) is 77.9 Å². The van der Waals surface area contributed by atoms with Crippen molar-refractivity contribution in [2.75, 3.05) is 0 Å². The quantitative estimate of drug-likeness (QED) is 0.274. The number of aromatic amines is 2. The smallest absolute Gasteiger partial charge is 0.155 e. The highest BCUT2D eigenvalue weighted by Crippen LogP contribution is 2.43. The van der Waals surface area contributed by atoms with E-state index < -0.39 is 0 Å². The number of H-pyrrole nitrogens is 2. The summed E-state index contributed by atoms with van der Waals surface area (Å²) >= 11 is 0. The van der Waals surface area contributed by atoms with E-state index in [9.17, 15) is 0 Å². The first-order valence-corrected chi connectivity index (χ1v) is 12.7. The molecule has 7 rings (SSSR count). The molecule has 0 radical (unpaired) electrons. The number of nitrogens with zero attached hydrogens (tertiary/aromatic N) is 2. The van der Waals surface area contributed by atoms with Gasteiger partial charge in [-0.25, -0.2) is 9.97 Å². The summed E-state index contributed by atoms with van der Waals surface area (Å²) in [6.07, 6.45) is 0. The van der Waals surface area contributed by atoms with Gasteiger partial charge in [0.05, 0.1) is 16.6 Å². The zero-order chi connectivity index (χ0) is 24.6. The van der Waals surface area contributed by atoms with Gasteiger partial charge in [-0.1, -0.05) is 58.0 Å². The van der Waals surface area contributed by atoms with Crippen LogP contribution in [-0.2, 0) is 6.61 Å². The van der Waals surface area contributed by atoms with Crippen LogP contribution in [0.25, 0.3) is 55.1 Å². The molecule has 0 amide bonds. The molecule has 0 saturated heterocycles. The van der Waals surface area contributed by atoms with Crippen LogP contribution in [0.3, 0.4) is 0 Å². The summed E-state index contributed by atoms with van der Waals surface area (Å²) in [5.74, 6) is 3.62. The lowest BCUT2D eigenvalue weighted by Gasteiger charge is -2.22. The number of aromatic nitrogens is 4. The van der Waals surface area contributed by atoms with Gasteiger partial charge in [0.1, 0.15) is 23.8 Å². The molecular formula is C31H28N4O. The van der Waals surface area contributed by atoms with Gasteiger partial charge in [0.25, 0.3) is 0 Å². The van der Waals surface area contributed by atoms with Gasteiger partial charge in [0.15, 0.2) is 5.75 Å². The van der Waals surface area contributed by atoms with Crippen molar-refractivity contribution in [1.82, 2.24) is 19.9 Å². The van der Waals surface area contributed by atoms with Crippen molar-refractivity contribution < 1.29 is 4.74 Å². The lowest BCUT2D eigenvalue weighted by Crippen LogP contribution is -2.06. The van der Waals surface area contributed by atoms with Crippen LogP contribution in [-0.4, -0.2) is 19.9 Å². The Morgan fingerprint density at radius 3 is 2.11 bits per heavy atom. The Bertz CT molecular complexity index is 1800. The summed E-state index contributed by atoms with van der Waals surface area (Å²) in [4.78, 5) is 16.6. The van der Waals surface area contributed by atoms with Gasteiger partial charge in [-0.3, -0.25) is 0 Å². The first kappa shape index (κ1) is 21.2. The number of hydrogen-bond acceptors (Lipinski definition) is 3. The number of benzene rings is 4. The summed E-state index contributed by atoms with van der Waals surface area (Å²) in [6.45, 7) is 9.16. The molecule has 1 aliphatic rings. The van der Waals surface area contributed by atoms with Crippen LogP contribution in [0.1, 0.15) is 56.7 Å². The van der Waals surface area contributed by atoms with E-state index >= 15 is 0 Å². The Morgan fingerprint density at radius 2 is 1.33 bits per heavy atom. The predicted octanol–water partition coefficient (Wildman–Crippen LogP) is 8.07. The standard InChI is InChI=1S/C31H28N4O/c1-16(2)30-32-25-11-7-20-13-18(6-9-23(20)27(25)34-30)19-5-8-22-21(14-19)15-36-29-24(22)10-12-26-28(29)35-31(33-26)17(3)4/h5-14,16-17H,15H2,1-4H3,(H,32,34)(H,33,35). The number of ether oxygens (including phenoxy) is 1. The topological polar surface area (TPSA) is 66.6 Å². The molecule has 0 aliphatic carbocycles. The average Bonchev–Trinajstić information content (AvgIpc) is 3.53. The predicted molar refractivity (Wildman–Crippen MR) is 147 cm³/mol. The van der Waals surface area contributed by atoms with Gasteiger partial charge >= 0.3 is 0 Å². The Hall–Kier alpha value is -4.12. The van der Waals surface area contributed by atoms with E-state index in [1.54, 1.807) is 0 Å². The highest BCUT2D eigenvalue weighted by Gasteiger charge is 2.22. The SMILES string of the molecule is CC(C)c1nc2c3c(ccc2[nH]1)-c1ccc(-c2ccc4c(ccc5[nH]c(C(C)C)nc54)c2)cc1CO3. The van der Waals surface area contributed by atoms with Crippen LogP contribution >= 0.6 is 0 Å². The van der Waals surface area contributed by atoms with Crippen molar-refractivity contribution in [3.63, 3.8) is 0 Å². The summed E-state index contributed by atoms with van der Waals surface area (Å²) in [5.41, 5.74) is 10.00. The van der Waals surface area contributed by atoms with Crippen LogP contribution in [0, 0.1) is 0 Å². The molecule has 0 atom stereocenters. The van der Waals surface area contributed by atoms with E-state index in [-0.39, 0.29) is 0 Å². The molecule has 0 saturated carbocycles. The molecule has 5 heteroatoms. The van der Waals surface area contributed by atoms with Gasteiger partial charge in [-0.2, -0.15) is 0 Å². The second kappa shape index (κ2) is 7.69. The highest BCUT2D eigenvalue weighted by atomic mass is 16.5. The van der Waals surface area contributed by atoms with Crippen molar-refractivity contribution in [2.24, 2.45) is 0 Å². The van der Waals surface area contributed by atoms with Crippen molar-refractivity contribution in [3.8, 4) is 28.0 Å². The molecule has 5 nitrogen and oxygen atoms in total. The minimum absolute atomic E-state index is 0.342. The van der Waals surface area contributed by atoms with E-state index in [1.165, 1.54) is 33.0 Å². The monoisotopic (exact) mass is 472 g/mol. The maximum absolute atomic E-state index is 6.29. The Kier molecular flexibility index (Phi) is 4.53. The number of rotatable bonds is 3. The van der Waals surface area contributed by atoms with Crippen LogP contribution in [0.2, 0.25) is 0 Å². The molecule has 178 valence electrons. The van der Waals surface area contributed by atoms with Gasteiger partial charge in [-0.05, 0) is 58.0 Å². The normalized spacial score (nSPS) is 13.1. The first-order chi connectivity index (χ1) is 17.5. The van der Waals surface area contributed by atoms with Crippen LogP contribution in [0.4, 0.5) is 0 Å². The molecule has 0 bridgehead atoms. The maximum Gasteiger partial charge on any atom is 0.155 e. The first-order valence-electron chi connectivity index (χ1n) is 12.7. The van der Waals surface area contributed by atoms with Gasteiger partial charge in [0.2, 0.25) is 0 Å². The van der Waals surface area contributed by atoms with E-state index in [1.807, 2.05) is 0 Å². The van der Waals surface area contributed by atoms with E-state index in [2.05, 4.69) is 98.3 Å². The molecule has 0 spiro atoms. The number of hydrogen-bond donors (Lipinski definition) is 2. The lowest BCUT2D eigenvalue weighted by molar-refractivity contribution is 0.305. The Balaban J connectivity index is 1.30. The third kappa shape index (κ3) is 3.15. The zero-order valence-electron chi connectivity index (χ0n) is 20.9. The maximum atomic E-state index is 6.29. The largest absolute Gasteiger partial charge is 0.486 e. The van der Waals surface area contributed by atoms with E-state index in [0.29, 0.717) is 18.4 Å². The summed E-state index contributed by atoms with van der Waals surface area (Å²) in [5, 5.41) is 2.38. The molecule has 2 aromatic heterocycles. The van der Waals surface area contributed by atoms with E-state index in [4.69, 9.17) is 14.7 Å². The Morgan fingerprint density at radius 1 is 0.694 bits per heavy atom. The average molecular weight is 473 g/mol. The number of imidazole rings is 2. The molecule has 2 N–H and O–H groups in total. The minimum atomic E-state index is 0.342. The fourth-order valence-corrected chi connectivity index (χ4v) is 5.28. The Labute approximate surface area is 209 Å². The number of fused-ring (bicyclic) bond motifs is 8. The summed E-state index contributed by atoms with van der Waals surface area (Å²) < 4.78 is 6.29. The van der Waals surface area contributed by atoms with Crippen molar-refractivity contribution >= 4 is 32.8 Å².